The molecule has 1 N–H and O–H groups in total. The summed E-state index contributed by atoms with van der Waals surface area (Å²) in [5.41, 5.74) is 2.47. The zero-order valence-corrected chi connectivity index (χ0v) is 13.9. The SMILES string of the molecule is O=C(Nc1ccccc1OCCCc1ccccc1)c1cccnc1. The van der Waals surface area contributed by atoms with Crippen LogP contribution in [0.5, 0.6) is 5.75 Å². The van der Waals surface area contributed by atoms with Crippen molar-refractivity contribution in [2.24, 2.45) is 0 Å². The number of ether oxygens (including phenoxy) is 1. The number of hydrogen-bond acceptors (Lipinski definition) is 3. The monoisotopic (exact) mass is 332 g/mol. The number of carbonyl (C=O) groups is 1. The second-order valence-electron chi connectivity index (χ2n) is 5.63. The number of nitrogens with zero attached hydrogens (tertiary/aromatic N) is 1. The highest BCUT2D eigenvalue weighted by atomic mass is 16.5. The number of hydrogen-bond donors (Lipinski definition) is 1. The van der Waals surface area contributed by atoms with Crippen LogP contribution in [-0.2, 0) is 6.42 Å². The number of pyridine rings is 1. The number of amides is 1. The normalized spacial score (nSPS) is 10.2. The summed E-state index contributed by atoms with van der Waals surface area (Å²) in [6.45, 7) is 0.592. The van der Waals surface area contributed by atoms with Crippen molar-refractivity contribution >= 4 is 11.6 Å². The van der Waals surface area contributed by atoms with Crippen molar-refractivity contribution in [3.8, 4) is 5.75 Å². The van der Waals surface area contributed by atoms with Gasteiger partial charge in [0.25, 0.3) is 5.91 Å². The Morgan fingerprint density at radius 2 is 1.76 bits per heavy atom. The Morgan fingerprint density at radius 3 is 2.56 bits per heavy atom. The van der Waals surface area contributed by atoms with Gasteiger partial charge in [-0.3, -0.25) is 9.78 Å². The van der Waals surface area contributed by atoms with Crippen LogP contribution in [0.2, 0.25) is 0 Å². The molecule has 0 aliphatic carbocycles. The molecule has 3 aromatic rings. The molecule has 0 aliphatic rings. The van der Waals surface area contributed by atoms with Crippen LogP contribution in [0, 0.1) is 0 Å². The third-order valence-corrected chi connectivity index (χ3v) is 3.77. The Hall–Kier alpha value is -3.14. The molecule has 0 atom stereocenters. The maximum absolute atomic E-state index is 12.3. The van der Waals surface area contributed by atoms with Gasteiger partial charge in [-0.1, -0.05) is 42.5 Å². The van der Waals surface area contributed by atoms with Crippen LogP contribution in [-0.4, -0.2) is 17.5 Å². The molecule has 4 nitrogen and oxygen atoms in total. The minimum atomic E-state index is -0.201. The number of benzene rings is 2. The molecule has 0 saturated heterocycles. The number of carbonyl (C=O) groups excluding carboxylic acids is 1. The Labute approximate surface area is 147 Å². The van der Waals surface area contributed by atoms with E-state index in [1.807, 2.05) is 42.5 Å². The summed E-state index contributed by atoms with van der Waals surface area (Å²) < 4.78 is 5.87. The van der Waals surface area contributed by atoms with Crippen LogP contribution in [0.4, 0.5) is 5.69 Å². The van der Waals surface area contributed by atoms with Gasteiger partial charge in [0, 0.05) is 12.4 Å². The lowest BCUT2D eigenvalue weighted by atomic mass is 10.1. The molecule has 126 valence electrons. The Morgan fingerprint density at radius 1 is 0.960 bits per heavy atom. The average molecular weight is 332 g/mol. The summed E-state index contributed by atoms with van der Waals surface area (Å²) in [4.78, 5) is 16.2. The lowest BCUT2D eigenvalue weighted by Gasteiger charge is -2.12. The van der Waals surface area contributed by atoms with E-state index >= 15 is 0 Å². The summed E-state index contributed by atoms with van der Waals surface area (Å²) in [7, 11) is 0. The first kappa shape index (κ1) is 16.7. The van der Waals surface area contributed by atoms with Gasteiger partial charge in [0.15, 0.2) is 0 Å². The first-order chi connectivity index (χ1) is 12.3. The lowest BCUT2D eigenvalue weighted by Crippen LogP contribution is -2.13. The zero-order valence-electron chi connectivity index (χ0n) is 13.9. The average Bonchev–Trinajstić information content (AvgIpc) is 2.68. The molecule has 0 saturated carbocycles. The van der Waals surface area contributed by atoms with Crippen LogP contribution in [0.1, 0.15) is 22.3 Å². The molecule has 1 aromatic heterocycles. The van der Waals surface area contributed by atoms with Crippen LogP contribution in [0.25, 0.3) is 0 Å². The molecule has 25 heavy (non-hydrogen) atoms. The van der Waals surface area contributed by atoms with E-state index in [9.17, 15) is 4.79 Å². The molecule has 2 aromatic carbocycles. The van der Waals surface area contributed by atoms with Gasteiger partial charge >= 0.3 is 0 Å². The Balaban J connectivity index is 1.56. The number of aryl methyl sites for hydroxylation is 1. The lowest BCUT2D eigenvalue weighted by molar-refractivity contribution is 0.102. The number of rotatable bonds is 7. The quantitative estimate of drug-likeness (QED) is 0.655. The van der Waals surface area contributed by atoms with Crippen LogP contribution < -0.4 is 10.1 Å². The highest BCUT2D eigenvalue weighted by molar-refractivity contribution is 6.04. The van der Waals surface area contributed by atoms with E-state index in [2.05, 4.69) is 22.4 Å². The zero-order chi connectivity index (χ0) is 17.3. The van der Waals surface area contributed by atoms with E-state index in [1.54, 1.807) is 24.5 Å². The molecule has 0 spiro atoms. The fourth-order valence-electron chi connectivity index (χ4n) is 2.49. The van der Waals surface area contributed by atoms with Crippen LogP contribution in [0.3, 0.4) is 0 Å². The second kappa shape index (κ2) is 8.64. The van der Waals surface area contributed by atoms with Crippen molar-refractivity contribution in [3.63, 3.8) is 0 Å². The number of aromatic nitrogens is 1. The van der Waals surface area contributed by atoms with Crippen molar-refractivity contribution in [2.75, 3.05) is 11.9 Å². The summed E-state index contributed by atoms with van der Waals surface area (Å²) in [5.74, 6) is 0.473. The van der Waals surface area contributed by atoms with E-state index in [0.29, 0.717) is 23.6 Å². The molecule has 1 amide bonds. The predicted octanol–water partition coefficient (Wildman–Crippen LogP) is 4.35. The first-order valence-electron chi connectivity index (χ1n) is 8.30. The third kappa shape index (κ3) is 4.91. The van der Waals surface area contributed by atoms with E-state index in [-0.39, 0.29) is 5.91 Å². The molecule has 1 heterocycles. The summed E-state index contributed by atoms with van der Waals surface area (Å²) >= 11 is 0. The minimum absolute atomic E-state index is 0.201. The number of para-hydroxylation sites is 2. The molecule has 4 heteroatoms. The molecular formula is C21H20N2O2. The van der Waals surface area contributed by atoms with Crippen LogP contribution >= 0.6 is 0 Å². The fourth-order valence-corrected chi connectivity index (χ4v) is 2.49. The van der Waals surface area contributed by atoms with Gasteiger partial charge in [-0.05, 0) is 42.7 Å². The largest absolute Gasteiger partial charge is 0.491 e. The fraction of sp³-hybridized carbons (Fsp3) is 0.143. The van der Waals surface area contributed by atoms with Gasteiger partial charge in [0.2, 0.25) is 0 Å². The molecular weight excluding hydrogens is 312 g/mol. The number of nitrogens with one attached hydrogen (secondary N) is 1. The highest BCUT2D eigenvalue weighted by Gasteiger charge is 2.09. The molecule has 0 bridgehead atoms. The topological polar surface area (TPSA) is 51.2 Å². The second-order valence-corrected chi connectivity index (χ2v) is 5.63. The molecule has 0 unspecified atom stereocenters. The van der Waals surface area contributed by atoms with Gasteiger partial charge in [0.05, 0.1) is 17.9 Å². The Kier molecular flexibility index (Phi) is 5.77. The number of anilines is 1. The van der Waals surface area contributed by atoms with Gasteiger partial charge in [0.1, 0.15) is 5.75 Å². The third-order valence-electron chi connectivity index (χ3n) is 3.77. The van der Waals surface area contributed by atoms with Crippen molar-refractivity contribution in [1.29, 1.82) is 0 Å². The van der Waals surface area contributed by atoms with E-state index in [4.69, 9.17) is 4.74 Å². The van der Waals surface area contributed by atoms with Gasteiger partial charge in [-0.25, -0.2) is 0 Å². The molecule has 3 rings (SSSR count). The van der Waals surface area contributed by atoms with Crippen molar-refractivity contribution < 1.29 is 9.53 Å². The smallest absolute Gasteiger partial charge is 0.257 e. The highest BCUT2D eigenvalue weighted by Crippen LogP contribution is 2.24. The summed E-state index contributed by atoms with van der Waals surface area (Å²) in [6.07, 6.45) is 5.05. The van der Waals surface area contributed by atoms with Crippen molar-refractivity contribution in [2.45, 2.75) is 12.8 Å². The maximum atomic E-state index is 12.3. The molecule has 0 radical (unpaired) electrons. The molecule has 0 fully saturated rings. The minimum Gasteiger partial charge on any atom is -0.491 e. The maximum Gasteiger partial charge on any atom is 0.257 e. The predicted molar refractivity (Wildman–Crippen MR) is 98.9 cm³/mol. The standard InChI is InChI=1S/C21H20N2O2/c24-21(18-11-6-14-22-16-18)23-19-12-4-5-13-20(19)25-15-7-10-17-8-2-1-3-9-17/h1-6,8-9,11-14,16H,7,10,15H2,(H,23,24). The van der Waals surface area contributed by atoms with Crippen molar-refractivity contribution in [3.05, 3.63) is 90.3 Å². The van der Waals surface area contributed by atoms with Gasteiger partial charge in [-0.2, -0.15) is 0 Å². The van der Waals surface area contributed by atoms with E-state index in [0.717, 1.165) is 12.8 Å². The van der Waals surface area contributed by atoms with Crippen LogP contribution in [0.15, 0.2) is 79.1 Å². The summed E-state index contributed by atoms with van der Waals surface area (Å²) in [5, 5.41) is 2.88. The van der Waals surface area contributed by atoms with Gasteiger partial charge in [-0.15, -0.1) is 0 Å². The van der Waals surface area contributed by atoms with E-state index in [1.165, 1.54) is 5.56 Å². The first-order valence-corrected chi connectivity index (χ1v) is 8.30. The summed E-state index contributed by atoms with van der Waals surface area (Å²) in [6, 6.07) is 21.3. The molecule has 0 aliphatic heterocycles. The van der Waals surface area contributed by atoms with E-state index < -0.39 is 0 Å². The Bertz CT molecular complexity index is 804. The van der Waals surface area contributed by atoms with Gasteiger partial charge < -0.3 is 10.1 Å². The van der Waals surface area contributed by atoms with Crippen molar-refractivity contribution in [1.82, 2.24) is 4.98 Å².